The zero-order valence-corrected chi connectivity index (χ0v) is 12.9. The molecule has 18 heavy (non-hydrogen) atoms. The number of nitrogens with zero attached hydrogens (tertiary/aromatic N) is 1. The number of amides is 1. The van der Waals surface area contributed by atoms with E-state index in [2.05, 4.69) is 39.8 Å². The molecule has 4 nitrogen and oxygen atoms in total. The maximum atomic E-state index is 11.1. The smallest absolute Gasteiger partial charge is 0.408 e. The molecule has 0 aromatic rings. The predicted molar refractivity (Wildman–Crippen MR) is 74.0 cm³/mol. The fourth-order valence-electron chi connectivity index (χ4n) is 1.85. The van der Waals surface area contributed by atoms with Crippen LogP contribution in [0.4, 0.5) is 4.79 Å². The molecule has 1 rings (SSSR count). The molecule has 5 heteroatoms. The maximum absolute atomic E-state index is 11.1. The van der Waals surface area contributed by atoms with Gasteiger partial charge in [0.1, 0.15) is 0 Å². The Morgan fingerprint density at radius 1 is 1.50 bits per heavy atom. The summed E-state index contributed by atoms with van der Waals surface area (Å²) in [5.41, 5.74) is 0. The molecule has 0 bridgehead atoms. The summed E-state index contributed by atoms with van der Waals surface area (Å²) < 4.78 is 6.21. The lowest BCUT2D eigenvalue weighted by molar-refractivity contribution is 0.138. The van der Waals surface area contributed by atoms with Gasteiger partial charge in [0.15, 0.2) is 8.32 Å². The van der Waals surface area contributed by atoms with Crippen molar-refractivity contribution in [2.75, 3.05) is 6.54 Å². The molecule has 0 spiro atoms. The van der Waals surface area contributed by atoms with Crippen LogP contribution in [-0.4, -0.2) is 43.1 Å². The SMILES string of the molecule is C#CC1C[C@H](O[Si](C)(C)C(C)(C)C)CN1C(=O)O. The van der Waals surface area contributed by atoms with E-state index in [1.165, 1.54) is 4.90 Å². The van der Waals surface area contributed by atoms with Crippen LogP contribution in [-0.2, 0) is 4.43 Å². The summed E-state index contributed by atoms with van der Waals surface area (Å²) in [6.45, 7) is 11.2. The monoisotopic (exact) mass is 269 g/mol. The Kier molecular flexibility index (Phi) is 4.14. The average molecular weight is 269 g/mol. The summed E-state index contributed by atoms with van der Waals surface area (Å²) in [5.74, 6) is 2.53. The highest BCUT2D eigenvalue weighted by Gasteiger charge is 2.43. The molecule has 1 saturated heterocycles. The van der Waals surface area contributed by atoms with Crippen LogP contribution in [0.2, 0.25) is 18.1 Å². The maximum Gasteiger partial charge on any atom is 0.408 e. The fourth-order valence-corrected chi connectivity index (χ4v) is 3.20. The molecule has 0 aromatic heterocycles. The van der Waals surface area contributed by atoms with Crippen LogP contribution in [0.15, 0.2) is 0 Å². The van der Waals surface area contributed by atoms with E-state index in [0.29, 0.717) is 13.0 Å². The first-order valence-electron chi connectivity index (χ1n) is 6.22. The molecule has 1 aliphatic heterocycles. The Hall–Kier alpha value is -0.993. The third kappa shape index (κ3) is 3.06. The zero-order chi connectivity index (χ0) is 14.1. The highest BCUT2D eigenvalue weighted by atomic mass is 28.4. The van der Waals surface area contributed by atoms with Crippen molar-refractivity contribution < 1.29 is 14.3 Å². The number of carbonyl (C=O) groups is 1. The molecule has 1 amide bonds. The van der Waals surface area contributed by atoms with E-state index in [0.717, 1.165) is 0 Å². The third-order valence-corrected chi connectivity index (χ3v) is 8.50. The summed E-state index contributed by atoms with van der Waals surface area (Å²) in [6, 6.07) is -0.350. The highest BCUT2D eigenvalue weighted by Crippen LogP contribution is 2.38. The summed E-state index contributed by atoms with van der Waals surface area (Å²) >= 11 is 0. The van der Waals surface area contributed by atoms with Gasteiger partial charge in [-0.3, -0.25) is 4.90 Å². The van der Waals surface area contributed by atoms with Crippen LogP contribution < -0.4 is 0 Å². The van der Waals surface area contributed by atoms with Crippen LogP contribution in [0, 0.1) is 12.3 Å². The minimum Gasteiger partial charge on any atom is -0.465 e. The van der Waals surface area contributed by atoms with Crippen LogP contribution >= 0.6 is 0 Å². The molecule has 1 fully saturated rings. The quantitative estimate of drug-likeness (QED) is 0.619. The van der Waals surface area contributed by atoms with E-state index in [9.17, 15) is 4.79 Å². The van der Waals surface area contributed by atoms with Crippen molar-refractivity contribution in [1.29, 1.82) is 0 Å². The van der Waals surface area contributed by atoms with Gasteiger partial charge in [-0.05, 0) is 18.1 Å². The number of carboxylic acid groups (broad SMARTS) is 1. The van der Waals surface area contributed by atoms with Crippen LogP contribution in [0.25, 0.3) is 0 Å². The van der Waals surface area contributed by atoms with E-state index in [1.54, 1.807) is 0 Å². The molecule has 0 aliphatic carbocycles. The molecule has 1 N–H and O–H groups in total. The van der Waals surface area contributed by atoms with E-state index < -0.39 is 14.4 Å². The number of hydrogen-bond donors (Lipinski definition) is 1. The van der Waals surface area contributed by atoms with Gasteiger partial charge in [-0.1, -0.05) is 26.7 Å². The lowest BCUT2D eigenvalue weighted by atomic mass is 10.2. The largest absolute Gasteiger partial charge is 0.465 e. The van der Waals surface area contributed by atoms with Gasteiger partial charge in [-0.25, -0.2) is 4.79 Å². The van der Waals surface area contributed by atoms with E-state index in [4.69, 9.17) is 16.0 Å². The van der Waals surface area contributed by atoms with E-state index in [-0.39, 0.29) is 17.2 Å². The highest BCUT2D eigenvalue weighted by molar-refractivity contribution is 6.74. The Labute approximate surface area is 110 Å². The summed E-state index contributed by atoms with van der Waals surface area (Å²) in [7, 11) is -1.86. The van der Waals surface area contributed by atoms with Gasteiger partial charge >= 0.3 is 6.09 Å². The van der Waals surface area contributed by atoms with Crippen molar-refractivity contribution in [3.63, 3.8) is 0 Å². The van der Waals surface area contributed by atoms with Gasteiger partial charge in [0.2, 0.25) is 0 Å². The molecule has 0 saturated carbocycles. The van der Waals surface area contributed by atoms with Gasteiger partial charge in [0.25, 0.3) is 0 Å². The molecule has 102 valence electrons. The Balaban J connectivity index is 2.73. The summed E-state index contributed by atoms with van der Waals surface area (Å²) in [4.78, 5) is 12.4. The molecule has 0 radical (unpaired) electrons. The molecular weight excluding hydrogens is 246 g/mol. The first-order chi connectivity index (χ1) is 8.08. The topological polar surface area (TPSA) is 49.8 Å². The first-order valence-corrected chi connectivity index (χ1v) is 9.13. The van der Waals surface area contributed by atoms with E-state index >= 15 is 0 Å². The van der Waals surface area contributed by atoms with Crippen LogP contribution in [0.1, 0.15) is 27.2 Å². The van der Waals surface area contributed by atoms with Crippen molar-refractivity contribution in [3.05, 3.63) is 0 Å². The average Bonchev–Trinajstić information content (AvgIpc) is 2.58. The van der Waals surface area contributed by atoms with Crippen LogP contribution in [0.3, 0.4) is 0 Å². The predicted octanol–water partition coefficient (Wildman–Crippen LogP) is 2.76. The Morgan fingerprint density at radius 3 is 2.39 bits per heavy atom. The van der Waals surface area contributed by atoms with Crippen molar-refractivity contribution >= 4 is 14.4 Å². The molecule has 1 heterocycles. The van der Waals surface area contributed by atoms with Gasteiger partial charge in [-0.2, -0.15) is 0 Å². The van der Waals surface area contributed by atoms with Gasteiger partial charge in [0, 0.05) is 6.42 Å². The Morgan fingerprint density at radius 2 is 2.06 bits per heavy atom. The van der Waals surface area contributed by atoms with Crippen LogP contribution in [0.5, 0.6) is 0 Å². The molecule has 1 aliphatic rings. The van der Waals surface area contributed by atoms with Crippen molar-refractivity contribution in [2.24, 2.45) is 0 Å². The third-order valence-electron chi connectivity index (χ3n) is 3.97. The van der Waals surface area contributed by atoms with Crippen molar-refractivity contribution in [1.82, 2.24) is 4.90 Å². The second-order valence-corrected chi connectivity index (χ2v) is 11.1. The summed E-state index contributed by atoms with van der Waals surface area (Å²) in [6.07, 6.45) is 4.96. The fraction of sp³-hybridized carbons (Fsp3) is 0.769. The van der Waals surface area contributed by atoms with Gasteiger partial charge in [-0.15, -0.1) is 6.42 Å². The molecule has 0 aromatic carbocycles. The normalized spacial score (nSPS) is 25.0. The molecule has 1 unspecified atom stereocenters. The minimum atomic E-state index is -1.86. The number of likely N-dealkylation sites (tertiary alicyclic amines) is 1. The molecular formula is C13H23NO3Si. The lowest BCUT2D eigenvalue weighted by Gasteiger charge is -2.38. The second kappa shape index (κ2) is 4.94. The standard InChI is InChI=1S/C13H23NO3Si/c1-7-10-8-11(9-14(10)12(15)16)17-18(5,6)13(2,3)4/h1,10-11H,8-9H2,2-6H3,(H,15,16)/t10?,11-/m0/s1. The van der Waals surface area contributed by atoms with Gasteiger partial charge in [0.05, 0.1) is 18.7 Å². The lowest BCUT2D eigenvalue weighted by Crippen LogP contribution is -2.44. The zero-order valence-electron chi connectivity index (χ0n) is 11.9. The number of terminal acetylenes is 1. The second-order valence-electron chi connectivity index (χ2n) is 6.35. The summed E-state index contributed by atoms with van der Waals surface area (Å²) in [5, 5.41) is 9.20. The number of hydrogen-bond acceptors (Lipinski definition) is 2. The Bertz CT molecular complexity index is 367. The minimum absolute atomic E-state index is 0.0666. The van der Waals surface area contributed by atoms with Gasteiger partial charge < -0.3 is 9.53 Å². The van der Waals surface area contributed by atoms with E-state index in [1.807, 2.05) is 0 Å². The van der Waals surface area contributed by atoms with Crippen molar-refractivity contribution in [2.45, 2.75) is 57.5 Å². The number of rotatable bonds is 2. The molecule has 2 atom stereocenters. The van der Waals surface area contributed by atoms with Crippen molar-refractivity contribution in [3.8, 4) is 12.3 Å². The first kappa shape index (κ1) is 15.1.